The first-order valence-electron chi connectivity index (χ1n) is 5.03. The predicted molar refractivity (Wildman–Crippen MR) is 64.0 cm³/mol. The molecule has 16 heavy (non-hydrogen) atoms. The lowest BCUT2D eigenvalue weighted by atomic mass is 9.90. The molecular formula is C12H16ClNO2. The van der Waals surface area contributed by atoms with Gasteiger partial charge >= 0.3 is 5.97 Å². The van der Waals surface area contributed by atoms with Crippen LogP contribution in [0.1, 0.15) is 42.4 Å². The number of carbonyl (C=O) groups excluding carboxylic acids is 1. The Labute approximate surface area is 101 Å². The zero-order valence-corrected chi connectivity index (χ0v) is 11.0. The molecule has 0 atom stereocenters. The smallest absolute Gasteiger partial charge is 0.338 e. The number of esters is 1. The Hall–Kier alpha value is -1.09. The van der Waals surface area contributed by atoms with Gasteiger partial charge in [0, 0.05) is 16.7 Å². The number of hydrogen-bond acceptors (Lipinski definition) is 3. The van der Waals surface area contributed by atoms with E-state index in [2.05, 4.69) is 4.98 Å². The lowest BCUT2D eigenvalue weighted by Gasteiger charge is -2.19. The fourth-order valence-corrected chi connectivity index (χ4v) is 1.48. The van der Waals surface area contributed by atoms with Crippen molar-refractivity contribution in [2.75, 3.05) is 7.11 Å². The minimum absolute atomic E-state index is 0.153. The largest absolute Gasteiger partial charge is 0.465 e. The van der Waals surface area contributed by atoms with Crippen LogP contribution in [0.2, 0.25) is 5.15 Å². The van der Waals surface area contributed by atoms with Crippen molar-refractivity contribution < 1.29 is 9.53 Å². The summed E-state index contributed by atoms with van der Waals surface area (Å²) in [5.74, 6) is -0.382. The molecule has 0 spiro atoms. The molecule has 0 amide bonds. The fraction of sp³-hybridized carbons (Fsp3) is 0.500. The van der Waals surface area contributed by atoms with Crippen molar-refractivity contribution in [2.24, 2.45) is 0 Å². The van der Waals surface area contributed by atoms with E-state index in [4.69, 9.17) is 16.3 Å². The van der Waals surface area contributed by atoms with Gasteiger partial charge < -0.3 is 4.74 Å². The van der Waals surface area contributed by atoms with Crippen molar-refractivity contribution in [2.45, 2.75) is 33.1 Å². The van der Waals surface area contributed by atoms with E-state index in [9.17, 15) is 4.79 Å². The van der Waals surface area contributed by atoms with Crippen LogP contribution >= 0.6 is 11.6 Å². The second-order valence-corrected chi connectivity index (χ2v) is 5.07. The number of ether oxygens (including phenoxy) is 1. The molecule has 0 saturated carbocycles. The second-order valence-electron chi connectivity index (χ2n) is 4.71. The molecule has 0 aliphatic carbocycles. The van der Waals surface area contributed by atoms with E-state index in [-0.39, 0.29) is 11.4 Å². The summed E-state index contributed by atoms with van der Waals surface area (Å²) in [5.41, 5.74) is 1.76. The van der Waals surface area contributed by atoms with E-state index in [0.29, 0.717) is 16.3 Å². The molecule has 1 rings (SSSR count). The molecule has 1 aromatic rings. The summed E-state index contributed by atoms with van der Waals surface area (Å²) in [6.45, 7) is 7.81. The minimum Gasteiger partial charge on any atom is -0.465 e. The SMILES string of the molecule is COC(=O)c1cc(C(C)(C)C)nc(Cl)c1C. The van der Waals surface area contributed by atoms with E-state index in [1.54, 1.807) is 13.0 Å². The van der Waals surface area contributed by atoms with E-state index in [1.165, 1.54) is 7.11 Å². The van der Waals surface area contributed by atoms with Crippen molar-refractivity contribution in [3.8, 4) is 0 Å². The van der Waals surface area contributed by atoms with Gasteiger partial charge in [0.2, 0.25) is 0 Å². The molecule has 0 N–H and O–H groups in total. The molecule has 0 aromatic carbocycles. The van der Waals surface area contributed by atoms with Gasteiger partial charge in [0.15, 0.2) is 0 Å². The third kappa shape index (κ3) is 2.53. The van der Waals surface area contributed by atoms with Gasteiger partial charge in [0.25, 0.3) is 0 Å². The highest BCUT2D eigenvalue weighted by molar-refractivity contribution is 6.30. The van der Waals surface area contributed by atoms with Crippen LogP contribution in [0, 0.1) is 6.92 Å². The maximum atomic E-state index is 11.6. The summed E-state index contributed by atoms with van der Waals surface area (Å²) < 4.78 is 4.71. The highest BCUT2D eigenvalue weighted by Crippen LogP contribution is 2.26. The summed E-state index contributed by atoms with van der Waals surface area (Å²) in [7, 11) is 1.35. The molecular weight excluding hydrogens is 226 g/mol. The maximum Gasteiger partial charge on any atom is 0.338 e. The quantitative estimate of drug-likeness (QED) is 0.560. The van der Waals surface area contributed by atoms with Crippen molar-refractivity contribution in [3.05, 3.63) is 28.0 Å². The van der Waals surface area contributed by atoms with Crippen LogP contribution in [0.15, 0.2) is 6.07 Å². The van der Waals surface area contributed by atoms with E-state index in [1.807, 2.05) is 20.8 Å². The van der Waals surface area contributed by atoms with Crippen LogP contribution in [-0.2, 0) is 10.2 Å². The lowest BCUT2D eigenvalue weighted by molar-refractivity contribution is 0.0599. The molecule has 0 fully saturated rings. The summed E-state index contributed by atoms with van der Waals surface area (Å²) in [6.07, 6.45) is 0. The number of aromatic nitrogens is 1. The number of halogens is 1. The molecule has 4 heteroatoms. The first-order chi connectivity index (χ1) is 7.27. The second kappa shape index (κ2) is 4.42. The summed E-state index contributed by atoms with van der Waals surface area (Å²) in [6, 6.07) is 1.74. The zero-order chi connectivity index (χ0) is 12.5. The Balaban J connectivity index is 3.39. The molecule has 0 radical (unpaired) electrons. The van der Waals surface area contributed by atoms with E-state index >= 15 is 0 Å². The molecule has 1 heterocycles. The number of pyridine rings is 1. The van der Waals surface area contributed by atoms with Gasteiger partial charge in [-0.05, 0) is 13.0 Å². The Morgan fingerprint density at radius 2 is 2.00 bits per heavy atom. The molecule has 3 nitrogen and oxygen atoms in total. The molecule has 1 aromatic heterocycles. The van der Waals surface area contributed by atoms with Crippen LogP contribution in [0.4, 0.5) is 0 Å². The lowest BCUT2D eigenvalue weighted by Crippen LogP contribution is -2.16. The van der Waals surface area contributed by atoms with Gasteiger partial charge in [-0.2, -0.15) is 0 Å². The topological polar surface area (TPSA) is 39.2 Å². The van der Waals surface area contributed by atoms with E-state index < -0.39 is 0 Å². The summed E-state index contributed by atoms with van der Waals surface area (Å²) >= 11 is 6.01. The Bertz CT molecular complexity index is 422. The molecule has 0 unspecified atom stereocenters. The normalized spacial score (nSPS) is 11.4. The first-order valence-corrected chi connectivity index (χ1v) is 5.41. The van der Waals surface area contributed by atoms with Gasteiger partial charge in [-0.25, -0.2) is 9.78 Å². The fourth-order valence-electron chi connectivity index (χ4n) is 1.28. The maximum absolute atomic E-state index is 11.6. The molecule has 0 aliphatic rings. The third-order valence-corrected chi connectivity index (χ3v) is 2.75. The number of carbonyl (C=O) groups is 1. The number of rotatable bonds is 1. The minimum atomic E-state index is -0.382. The van der Waals surface area contributed by atoms with Crippen LogP contribution in [0.3, 0.4) is 0 Å². The van der Waals surface area contributed by atoms with Crippen LogP contribution in [0.5, 0.6) is 0 Å². The number of hydrogen-bond donors (Lipinski definition) is 0. The standard InChI is InChI=1S/C12H16ClNO2/c1-7-8(11(15)16-5)6-9(12(2,3)4)14-10(7)13/h6H,1-5H3. The van der Waals surface area contributed by atoms with Crippen molar-refractivity contribution in [1.82, 2.24) is 4.98 Å². The Morgan fingerprint density at radius 1 is 1.44 bits per heavy atom. The van der Waals surface area contributed by atoms with Crippen LogP contribution < -0.4 is 0 Å². The van der Waals surface area contributed by atoms with Crippen molar-refractivity contribution in [3.63, 3.8) is 0 Å². The van der Waals surface area contributed by atoms with Gasteiger partial charge in [-0.15, -0.1) is 0 Å². The zero-order valence-electron chi connectivity index (χ0n) is 10.2. The highest BCUT2D eigenvalue weighted by atomic mass is 35.5. The highest BCUT2D eigenvalue weighted by Gasteiger charge is 2.21. The Kier molecular flexibility index (Phi) is 3.58. The van der Waals surface area contributed by atoms with Gasteiger partial charge in [0.1, 0.15) is 5.15 Å². The third-order valence-electron chi connectivity index (χ3n) is 2.39. The average molecular weight is 242 g/mol. The monoisotopic (exact) mass is 241 g/mol. The van der Waals surface area contributed by atoms with Crippen LogP contribution in [0.25, 0.3) is 0 Å². The molecule has 0 bridgehead atoms. The van der Waals surface area contributed by atoms with Gasteiger partial charge in [-0.1, -0.05) is 32.4 Å². The predicted octanol–water partition coefficient (Wildman–Crippen LogP) is 3.13. The summed E-state index contributed by atoms with van der Waals surface area (Å²) in [5, 5.41) is 0.354. The molecule has 0 aliphatic heterocycles. The average Bonchev–Trinajstić information content (AvgIpc) is 2.19. The van der Waals surface area contributed by atoms with Gasteiger partial charge in [-0.3, -0.25) is 0 Å². The van der Waals surface area contributed by atoms with Gasteiger partial charge in [0.05, 0.1) is 12.7 Å². The van der Waals surface area contributed by atoms with E-state index in [0.717, 1.165) is 5.69 Å². The van der Waals surface area contributed by atoms with Crippen molar-refractivity contribution >= 4 is 17.6 Å². The van der Waals surface area contributed by atoms with Crippen LogP contribution in [-0.4, -0.2) is 18.1 Å². The first kappa shape index (κ1) is 13.0. The number of methoxy groups -OCH3 is 1. The molecule has 88 valence electrons. The molecule has 0 saturated heterocycles. The number of nitrogens with zero attached hydrogens (tertiary/aromatic N) is 1. The summed E-state index contributed by atoms with van der Waals surface area (Å²) in [4.78, 5) is 15.8. The van der Waals surface area contributed by atoms with Crippen molar-refractivity contribution in [1.29, 1.82) is 0 Å². The Morgan fingerprint density at radius 3 is 2.44 bits per heavy atom.